The van der Waals surface area contributed by atoms with Crippen molar-refractivity contribution in [2.24, 2.45) is 5.73 Å². The lowest BCUT2D eigenvalue weighted by Crippen LogP contribution is -2.26. The zero-order valence-corrected chi connectivity index (χ0v) is 11.8. The molecule has 2 N–H and O–H groups in total. The summed E-state index contributed by atoms with van der Waals surface area (Å²) in [5.74, 6) is 0. The van der Waals surface area contributed by atoms with Crippen molar-refractivity contribution in [2.75, 3.05) is 6.54 Å². The largest absolute Gasteiger partial charge is 0.329 e. The molecule has 0 aliphatic heterocycles. The number of rotatable bonds is 3. The van der Waals surface area contributed by atoms with Gasteiger partial charge in [0.15, 0.2) is 0 Å². The molecule has 1 rings (SSSR count). The Bertz CT molecular complexity index is 333. The van der Waals surface area contributed by atoms with Crippen LogP contribution in [0.5, 0.6) is 0 Å². The Labute approximate surface area is 104 Å². The molecule has 0 aliphatic carbocycles. The van der Waals surface area contributed by atoms with Crippen molar-refractivity contribution in [3.05, 3.63) is 29.8 Å². The molecule has 0 amide bonds. The highest BCUT2D eigenvalue weighted by Gasteiger charge is 2.18. The minimum absolute atomic E-state index is 0.114. The number of thioether (sulfide) groups is 1. The lowest BCUT2D eigenvalue weighted by molar-refractivity contribution is 0.589. The van der Waals surface area contributed by atoms with Crippen molar-refractivity contribution in [2.45, 2.75) is 49.7 Å². The van der Waals surface area contributed by atoms with Gasteiger partial charge in [0.25, 0.3) is 0 Å². The van der Waals surface area contributed by atoms with Gasteiger partial charge in [-0.05, 0) is 37.0 Å². The van der Waals surface area contributed by atoms with Crippen LogP contribution in [0.4, 0.5) is 0 Å². The van der Waals surface area contributed by atoms with E-state index in [9.17, 15) is 0 Å². The van der Waals surface area contributed by atoms with Crippen LogP contribution in [-0.2, 0) is 5.41 Å². The Hall–Kier alpha value is -0.470. The maximum Gasteiger partial charge on any atom is 0.0273 e. The minimum Gasteiger partial charge on any atom is -0.329 e. The second kappa shape index (κ2) is 4.80. The van der Waals surface area contributed by atoms with Crippen molar-refractivity contribution in [1.29, 1.82) is 0 Å². The first-order chi connectivity index (χ1) is 7.24. The normalized spacial score (nSPS) is 12.9. The highest BCUT2D eigenvalue weighted by atomic mass is 32.2. The molecule has 0 fully saturated rings. The molecule has 0 heterocycles. The summed E-state index contributed by atoms with van der Waals surface area (Å²) in [6.07, 6.45) is 0. The predicted octanol–water partition coefficient (Wildman–Crippen LogP) is 3.81. The van der Waals surface area contributed by atoms with Crippen LogP contribution < -0.4 is 5.73 Å². The molecular weight excluding hydrogens is 214 g/mol. The molecule has 0 bridgehead atoms. The third kappa shape index (κ3) is 3.84. The van der Waals surface area contributed by atoms with Gasteiger partial charge in [0, 0.05) is 16.2 Å². The van der Waals surface area contributed by atoms with Crippen molar-refractivity contribution in [3.63, 3.8) is 0 Å². The molecule has 1 nitrogen and oxygen atoms in total. The maximum atomic E-state index is 5.73. The molecule has 0 atom stereocenters. The third-order valence-corrected chi connectivity index (χ3v) is 3.83. The van der Waals surface area contributed by atoms with Crippen molar-refractivity contribution >= 4 is 11.8 Å². The Balaban J connectivity index is 2.80. The highest BCUT2D eigenvalue weighted by molar-refractivity contribution is 8.00. The number of benzene rings is 1. The smallest absolute Gasteiger partial charge is 0.0273 e. The molecule has 90 valence electrons. The maximum absolute atomic E-state index is 5.73. The zero-order chi connectivity index (χ0) is 12.4. The summed E-state index contributed by atoms with van der Waals surface area (Å²) < 4.78 is 0.114. The molecule has 0 saturated carbocycles. The van der Waals surface area contributed by atoms with Gasteiger partial charge in [-0.3, -0.25) is 0 Å². The van der Waals surface area contributed by atoms with Gasteiger partial charge in [-0.1, -0.05) is 32.9 Å². The van der Waals surface area contributed by atoms with Crippen LogP contribution >= 0.6 is 11.8 Å². The molecule has 0 spiro atoms. The van der Waals surface area contributed by atoms with Gasteiger partial charge >= 0.3 is 0 Å². The molecule has 1 aromatic carbocycles. The number of hydrogen-bond acceptors (Lipinski definition) is 2. The van der Waals surface area contributed by atoms with E-state index >= 15 is 0 Å². The Morgan fingerprint density at radius 3 is 1.88 bits per heavy atom. The monoisotopic (exact) mass is 237 g/mol. The quantitative estimate of drug-likeness (QED) is 0.809. The summed E-state index contributed by atoms with van der Waals surface area (Å²) in [5.41, 5.74) is 7.34. The van der Waals surface area contributed by atoms with Crippen LogP contribution in [0.2, 0.25) is 0 Å². The van der Waals surface area contributed by atoms with Gasteiger partial charge in [-0.25, -0.2) is 0 Å². The van der Waals surface area contributed by atoms with Gasteiger partial charge in [0.1, 0.15) is 0 Å². The molecule has 0 aliphatic rings. The van der Waals surface area contributed by atoms with E-state index in [4.69, 9.17) is 5.73 Å². The van der Waals surface area contributed by atoms with Crippen molar-refractivity contribution < 1.29 is 0 Å². The summed E-state index contributed by atoms with van der Waals surface area (Å²) in [6, 6.07) is 8.83. The summed E-state index contributed by atoms with van der Waals surface area (Å²) >= 11 is 1.84. The summed E-state index contributed by atoms with van der Waals surface area (Å²) in [7, 11) is 0. The van der Waals surface area contributed by atoms with Gasteiger partial charge in [-0.15, -0.1) is 11.8 Å². The van der Waals surface area contributed by atoms with E-state index in [-0.39, 0.29) is 10.2 Å². The van der Waals surface area contributed by atoms with Crippen LogP contribution in [0.1, 0.15) is 40.2 Å². The van der Waals surface area contributed by atoms with E-state index in [0.717, 1.165) is 0 Å². The number of hydrogen-bond donors (Lipinski definition) is 1. The van der Waals surface area contributed by atoms with Crippen molar-refractivity contribution in [1.82, 2.24) is 0 Å². The van der Waals surface area contributed by atoms with Crippen LogP contribution in [0, 0.1) is 0 Å². The van der Waals surface area contributed by atoms with Crippen LogP contribution in [0.3, 0.4) is 0 Å². The number of nitrogens with two attached hydrogens (primary N) is 1. The van der Waals surface area contributed by atoms with Gasteiger partial charge in [0.2, 0.25) is 0 Å². The fourth-order valence-electron chi connectivity index (χ4n) is 1.38. The summed E-state index contributed by atoms with van der Waals surface area (Å²) in [5, 5.41) is 0. The average molecular weight is 237 g/mol. The first-order valence-corrected chi connectivity index (χ1v) is 6.56. The average Bonchev–Trinajstić information content (AvgIpc) is 2.16. The molecule has 0 unspecified atom stereocenters. The Kier molecular flexibility index (Phi) is 4.08. The second-order valence-corrected chi connectivity index (χ2v) is 7.62. The van der Waals surface area contributed by atoms with Gasteiger partial charge in [-0.2, -0.15) is 0 Å². The Morgan fingerprint density at radius 2 is 1.50 bits per heavy atom. The molecule has 16 heavy (non-hydrogen) atoms. The standard InChI is InChI=1S/C14H23NS/c1-13(2,3)11-6-8-12(9-7-11)16-14(4,5)10-15/h6-9H,10,15H2,1-5H3. The van der Waals surface area contributed by atoms with Crippen LogP contribution in [0.15, 0.2) is 29.2 Å². The first kappa shape index (κ1) is 13.6. The molecule has 0 aromatic heterocycles. The van der Waals surface area contributed by atoms with E-state index in [1.807, 2.05) is 11.8 Å². The highest BCUT2D eigenvalue weighted by Crippen LogP contribution is 2.33. The SMILES string of the molecule is CC(C)(CN)Sc1ccc(C(C)(C)C)cc1. The van der Waals surface area contributed by atoms with E-state index in [2.05, 4.69) is 58.9 Å². The molecule has 0 radical (unpaired) electrons. The summed E-state index contributed by atoms with van der Waals surface area (Å²) in [4.78, 5) is 1.29. The van der Waals surface area contributed by atoms with E-state index in [1.165, 1.54) is 10.5 Å². The molecule has 0 saturated heterocycles. The predicted molar refractivity (Wildman–Crippen MR) is 74.1 cm³/mol. The molecule has 2 heteroatoms. The van der Waals surface area contributed by atoms with Crippen molar-refractivity contribution in [3.8, 4) is 0 Å². The molecular formula is C14H23NS. The molecule has 1 aromatic rings. The second-order valence-electron chi connectivity index (χ2n) is 5.84. The van der Waals surface area contributed by atoms with E-state index in [0.29, 0.717) is 6.54 Å². The fraction of sp³-hybridized carbons (Fsp3) is 0.571. The fourth-order valence-corrected chi connectivity index (χ4v) is 2.38. The Morgan fingerprint density at radius 1 is 1.00 bits per heavy atom. The topological polar surface area (TPSA) is 26.0 Å². The van der Waals surface area contributed by atoms with Crippen LogP contribution in [0.25, 0.3) is 0 Å². The van der Waals surface area contributed by atoms with E-state index < -0.39 is 0 Å². The van der Waals surface area contributed by atoms with E-state index in [1.54, 1.807) is 0 Å². The van der Waals surface area contributed by atoms with Gasteiger partial charge in [0.05, 0.1) is 0 Å². The summed E-state index contributed by atoms with van der Waals surface area (Å²) in [6.45, 7) is 11.8. The lowest BCUT2D eigenvalue weighted by atomic mass is 9.87. The lowest BCUT2D eigenvalue weighted by Gasteiger charge is -2.23. The zero-order valence-electron chi connectivity index (χ0n) is 11.0. The third-order valence-electron chi connectivity index (χ3n) is 2.61. The van der Waals surface area contributed by atoms with Gasteiger partial charge < -0.3 is 5.73 Å². The minimum atomic E-state index is 0.114. The first-order valence-electron chi connectivity index (χ1n) is 5.74. The van der Waals surface area contributed by atoms with Crippen LogP contribution in [-0.4, -0.2) is 11.3 Å².